The SMILES string of the molecule is O=CC1NC=Cc2cc(-c3cncc(C(F)(F)F)c3)nc(Nc3ccc(C4CCNCC4)cc3)c21. The van der Waals surface area contributed by atoms with Crippen LogP contribution in [0.1, 0.15) is 47.1 Å². The molecule has 1 atom stereocenters. The van der Waals surface area contributed by atoms with Crippen LogP contribution in [0.5, 0.6) is 0 Å². The highest BCUT2D eigenvalue weighted by Gasteiger charge is 2.31. The average molecular weight is 480 g/mol. The number of carbonyl (C=O) groups excluding carboxylic acids is 1. The molecule has 5 rings (SSSR count). The zero-order valence-electron chi connectivity index (χ0n) is 18.8. The van der Waals surface area contributed by atoms with Crippen LogP contribution < -0.4 is 16.0 Å². The lowest BCUT2D eigenvalue weighted by Crippen LogP contribution is -2.26. The Balaban J connectivity index is 1.52. The number of hydrogen-bond donors (Lipinski definition) is 3. The van der Waals surface area contributed by atoms with Gasteiger partial charge in [-0.1, -0.05) is 12.1 Å². The number of halogens is 3. The van der Waals surface area contributed by atoms with Crippen molar-refractivity contribution in [2.45, 2.75) is 31.0 Å². The van der Waals surface area contributed by atoms with Crippen molar-refractivity contribution in [1.29, 1.82) is 0 Å². The predicted octanol–water partition coefficient (Wildman–Crippen LogP) is 5.19. The summed E-state index contributed by atoms with van der Waals surface area (Å²) in [5, 5.41) is 9.65. The number of aromatic nitrogens is 2. The molecule has 2 aliphatic rings. The van der Waals surface area contributed by atoms with Crippen LogP contribution in [0.3, 0.4) is 0 Å². The topological polar surface area (TPSA) is 78.9 Å². The number of anilines is 2. The number of nitrogens with zero attached hydrogens (tertiary/aromatic N) is 2. The number of aldehydes is 1. The summed E-state index contributed by atoms with van der Waals surface area (Å²) < 4.78 is 39.8. The monoisotopic (exact) mass is 479 g/mol. The lowest BCUT2D eigenvalue weighted by Gasteiger charge is -2.24. The normalized spacial score (nSPS) is 18.0. The van der Waals surface area contributed by atoms with Gasteiger partial charge in [0.25, 0.3) is 0 Å². The van der Waals surface area contributed by atoms with Gasteiger partial charge in [-0.15, -0.1) is 0 Å². The maximum atomic E-state index is 13.3. The summed E-state index contributed by atoms with van der Waals surface area (Å²) in [5.41, 5.74) is 3.09. The molecule has 9 heteroatoms. The van der Waals surface area contributed by atoms with Crippen LogP contribution in [0.2, 0.25) is 0 Å². The number of hydrogen-bond acceptors (Lipinski definition) is 6. The van der Waals surface area contributed by atoms with E-state index >= 15 is 0 Å². The Labute approximate surface area is 200 Å². The number of alkyl halides is 3. The molecule has 0 aliphatic carbocycles. The minimum atomic E-state index is -4.51. The van der Waals surface area contributed by atoms with Gasteiger partial charge >= 0.3 is 6.18 Å². The fourth-order valence-electron chi connectivity index (χ4n) is 4.58. The third-order valence-corrected chi connectivity index (χ3v) is 6.42. The second-order valence-electron chi connectivity index (χ2n) is 8.70. The molecule has 6 nitrogen and oxygen atoms in total. The minimum Gasteiger partial charge on any atom is -0.378 e. The van der Waals surface area contributed by atoms with Crippen LogP contribution in [-0.4, -0.2) is 29.3 Å². The highest BCUT2D eigenvalue weighted by Crippen LogP contribution is 2.36. The molecule has 0 amide bonds. The van der Waals surface area contributed by atoms with E-state index < -0.39 is 17.8 Å². The quantitative estimate of drug-likeness (QED) is 0.438. The van der Waals surface area contributed by atoms with E-state index in [0.29, 0.717) is 28.6 Å². The first-order valence-corrected chi connectivity index (χ1v) is 11.5. The second kappa shape index (κ2) is 9.50. The molecule has 1 fully saturated rings. The van der Waals surface area contributed by atoms with E-state index in [1.165, 1.54) is 11.8 Å². The smallest absolute Gasteiger partial charge is 0.378 e. The van der Waals surface area contributed by atoms with Crippen LogP contribution in [0.15, 0.2) is 55.0 Å². The van der Waals surface area contributed by atoms with Gasteiger partial charge in [-0.25, -0.2) is 4.98 Å². The van der Waals surface area contributed by atoms with Crippen LogP contribution in [0.4, 0.5) is 24.7 Å². The number of fused-ring (bicyclic) bond motifs is 1. The molecule has 2 aromatic heterocycles. The fourth-order valence-corrected chi connectivity index (χ4v) is 4.58. The van der Waals surface area contributed by atoms with Gasteiger partial charge in [0.15, 0.2) is 0 Å². The Hall–Kier alpha value is -3.72. The Kier molecular flexibility index (Phi) is 6.25. The summed E-state index contributed by atoms with van der Waals surface area (Å²) in [4.78, 5) is 20.2. The number of pyridine rings is 2. The van der Waals surface area contributed by atoms with Crippen molar-refractivity contribution in [3.63, 3.8) is 0 Å². The first kappa shape index (κ1) is 23.0. The average Bonchev–Trinajstić information content (AvgIpc) is 2.88. The summed E-state index contributed by atoms with van der Waals surface area (Å²) >= 11 is 0. The summed E-state index contributed by atoms with van der Waals surface area (Å²) in [7, 11) is 0. The van der Waals surface area contributed by atoms with E-state index in [4.69, 9.17) is 0 Å². The van der Waals surface area contributed by atoms with Crippen LogP contribution in [0.25, 0.3) is 17.3 Å². The van der Waals surface area contributed by atoms with Gasteiger partial charge in [0.2, 0.25) is 0 Å². The highest BCUT2D eigenvalue weighted by atomic mass is 19.4. The zero-order chi connectivity index (χ0) is 24.4. The second-order valence-corrected chi connectivity index (χ2v) is 8.70. The molecule has 1 aromatic carbocycles. The Morgan fingerprint density at radius 2 is 1.83 bits per heavy atom. The minimum absolute atomic E-state index is 0.238. The maximum absolute atomic E-state index is 13.3. The van der Waals surface area contributed by atoms with Crippen LogP contribution in [0, 0.1) is 0 Å². The van der Waals surface area contributed by atoms with Crippen molar-refractivity contribution in [3.05, 3.63) is 77.2 Å². The molecule has 35 heavy (non-hydrogen) atoms. The standard InChI is InChI=1S/C26H24F3N5O/c27-26(28,29)20-11-19(13-31-14-20)22-12-18-7-10-32-23(15-35)24(18)25(34-22)33-21-3-1-16(2-4-21)17-5-8-30-9-6-17/h1-4,7,10-15,17,23,30,32H,5-6,8-9H2,(H,33,34). The maximum Gasteiger partial charge on any atom is 0.417 e. The zero-order valence-corrected chi connectivity index (χ0v) is 18.8. The number of piperidine rings is 1. The molecule has 1 unspecified atom stereocenters. The van der Waals surface area contributed by atoms with Crippen LogP contribution >= 0.6 is 0 Å². The van der Waals surface area contributed by atoms with E-state index in [2.05, 4.69) is 38.1 Å². The molecule has 2 aliphatic heterocycles. The van der Waals surface area contributed by atoms with E-state index in [0.717, 1.165) is 50.2 Å². The molecular formula is C26H24F3N5O. The first-order chi connectivity index (χ1) is 16.9. The summed E-state index contributed by atoms with van der Waals surface area (Å²) in [6, 6.07) is 10.2. The summed E-state index contributed by atoms with van der Waals surface area (Å²) in [6.07, 6.45) is 4.00. The molecule has 4 heterocycles. The molecule has 180 valence electrons. The first-order valence-electron chi connectivity index (χ1n) is 11.5. The van der Waals surface area contributed by atoms with Crippen LogP contribution in [-0.2, 0) is 11.0 Å². The highest BCUT2D eigenvalue weighted by molar-refractivity contribution is 5.80. The fraction of sp³-hybridized carbons (Fsp3) is 0.269. The van der Waals surface area contributed by atoms with E-state index in [-0.39, 0.29) is 5.56 Å². The number of nitrogens with one attached hydrogen (secondary N) is 3. The third-order valence-electron chi connectivity index (χ3n) is 6.42. The van der Waals surface area contributed by atoms with E-state index in [9.17, 15) is 18.0 Å². The molecule has 0 bridgehead atoms. The van der Waals surface area contributed by atoms with Crippen molar-refractivity contribution >= 4 is 23.9 Å². The lowest BCUT2D eigenvalue weighted by molar-refractivity contribution is -0.137. The Bertz CT molecular complexity index is 1250. The predicted molar refractivity (Wildman–Crippen MR) is 128 cm³/mol. The molecule has 0 saturated carbocycles. The Morgan fingerprint density at radius 3 is 2.54 bits per heavy atom. The Morgan fingerprint density at radius 1 is 1.06 bits per heavy atom. The van der Waals surface area contributed by atoms with Gasteiger partial charge in [0, 0.05) is 29.2 Å². The van der Waals surface area contributed by atoms with Gasteiger partial charge in [-0.05, 0) is 79.5 Å². The molecular weight excluding hydrogens is 455 g/mol. The van der Waals surface area contributed by atoms with Gasteiger partial charge < -0.3 is 20.7 Å². The van der Waals surface area contributed by atoms with Crippen molar-refractivity contribution in [3.8, 4) is 11.3 Å². The van der Waals surface area contributed by atoms with Gasteiger partial charge in [-0.2, -0.15) is 13.2 Å². The van der Waals surface area contributed by atoms with Crippen molar-refractivity contribution in [2.75, 3.05) is 18.4 Å². The summed E-state index contributed by atoms with van der Waals surface area (Å²) in [6.45, 7) is 2.01. The number of rotatable bonds is 5. The van der Waals surface area contributed by atoms with Gasteiger partial charge in [-0.3, -0.25) is 4.98 Å². The van der Waals surface area contributed by atoms with E-state index in [1.807, 2.05) is 12.1 Å². The van der Waals surface area contributed by atoms with Crippen molar-refractivity contribution < 1.29 is 18.0 Å². The lowest BCUT2D eigenvalue weighted by atomic mass is 9.90. The van der Waals surface area contributed by atoms with Crippen molar-refractivity contribution in [2.24, 2.45) is 0 Å². The molecule has 3 aromatic rings. The van der Waals surface area contributed by atoms with Gasteiger partial charge in [0.05, 0.1) is 11.3 Å². The van der Waals surface area contributed by atoms with Gasteiger partial charge in [0.1, 0.15) is 18.1 Å². The third kappa shape index (κ3) is 4.90. The number of benzene rings is 1. The molecule has 0 spiro atoms. The molecule has 1 saturated heterocycles. The molecule has 0 radical (unpaired) electrons. The van der Waals surface area contributed by atoms with Crippen molar-refractivity contribution in [1.82, 2.24) is 20.6 Å². The van der Waals surface area contributed by atoms with E-state index in [1.54, 1.807) is 18.3 Å². The molecule has 3 N–H and O–H groups in total. The largest absolute Gasteiger partial charge is 0.417 e. The number of carbonyl (C=O) groups is 1. The summed E-state index contributed by atoms with van der Waals surface area (Å²) in [5.74, 6) is 0.917.